The number of carbonyl (C=O) groups excluding carboxylic acids is 2. The molecule has 0 radical (unpaired) electrons. The van der Waals surface area contributed by atoms with E-state index in [1.807, 2.05) is 38.1 Å². The number of imide groups is 1. The van der Waals surface area contributed by atoms with Crippen molar-refractivity contribution in [2.45, 2.75) is 77.9 Å². The molecule has 2 amide bonds. The number of aryl methyl sites for hydroxylation is 2. The van der Waals surface area contributed by atoms with E-state index in [2.05, 4.69) is 13.0 Å². The Morgan fingerprint density at radius 3 is 2.28 bits per heavy atom. The van der Waals surface area contributed by atoms with Crippen molar-refractivity contribution in [2.24, 2.45) is 0 Å². The molecule has 1 aromatic heterocycles. The smallest absolute Gasteiger partial charge is 0.267 e. The SMILES string of the molecule is CCCCCCCCCCN1C(=O)C(SCc2ccco2)=C(c2ccc(C)cc2C)C1=O. The summed E-state index contributed by atoms with van der Waals surface area (Å²) < 4.78 is 5.44. The highest BCUT2D eigenvalue weighted by Crippen LogP contribution is 2.39. The highest BCUT2D eigenvalue weighted by atomic mass is 32.2. The Balaban J connectivity index is 1.69. The van der Waals surface area contributed by atoms with Crippen molar-refractivity contribution < 1.29 is 14.0 Å². The third kappa shape index (κ3) is 6.16. The number of carbonyl (C=O) groups is 2. The number of furan rings is 1. The fourth-order valence-corrected chi connectivity index (χ4v) is 5.19. The second-order valence-corrected chi connectivity index (χ2v) is 9.61. The van der Waals surface area contributed by atoms with E-state index in [9.17, 15) is 9.59 Å². The molecule has 0 spiro atoms. The monoisotopic (exact) mass is 453 g/mol. The zero-order chi connectivity index (χ0) is 22.9. The highest BCUT2D eigenvalue weighted by Gasteiger charge is 2.39. The van der Waals surface area contributed by atoms with Gasteiger partial charge in [0.1, 0.15) is 5.76 Å². The summed E-state index contributed by atoms with van der Waals surface area (Å²) in [4.78, 5) is 28.6. The van der Waals surface area contributed by atoms with Crippen LogP contribution in [0.5, 0.6) is 0 Å². The average molecular weight is 454 g/mol. The Morgan fingerprint density at radius 2 is 1.62 bits per heavy atom. The molecule has 1 aromatic carbocycles. The predicted molar refractivity (Wildman–Crippen MR) is 132 cm³/mol. The van der Waals surface area contributed by atoms with Gasteiger partial charge in [0.05, 0.1) is 22.5 Å². The summed E-state index contributed by atoms with van der Waals surface area (Å²) in [6.07, 6.45) is 11.1. The lowest BCUT2D eigenvalue weighted by molar-refractivity contribution is -0.136. The molecule has 0 unspecified atom stereocenters. The first-order valence-corrected chi connectivity index (χ1v) is 12.8. The Labute approximate surface area is 196 Å². The van der Waals surface area contributed by atoms with Crippen molar-refractivity contribution in [3.8, 4) is 0 Å². The summed E-state index contributed by atoms with van der Waals surface area (Å²) in [5.74, 6) is 1.00. The first kappa shape index (κ1) is 24.4. The van der Waals surface area contributed by atoms with Crippen LogP contribution < -0.4 is 0 Å². The Kier molecular flexibility index (Phi) is 9.22. The molecule has 172 valence electrons. The molecule has 1 aliphatic rings. The largest absolute Gasteiger partial charge is 0.468 e. The van der Waals surface area contributed by atoms with Crippen LogP contribution in [-0.2, 0) is 15.3 Å². The maximum Gasteiger partial charge on any atom is 0.267 e. The molecule has 2 heterocycles. The van der Waals surface area contributed by atoms with Crippen molar-refractivity contribution in [1.29, 1.82) is 0 Å². The van der Waals surface area contributed by atoms with E-state index in [4.69, 9.17) is 4.42 Å². The fraction of sp³-hybridized carbons (Fsp3) is 0.481. The molecule has 0 saturated carbocycles. The molecule has 2 aromatic rings. The van der Waals surface area contributed by atoms with Gasteiger partial charge in [-0.3, -0.25) is 14.5 Å². The summed E-state index contributed by atoms with van der Waals surface area (Å²) in [6, 6.07) is 9.77. The van der Waals surface area contributed by atoms with Gasteiger partial charge in [0.2, 0.25) is 0 Å². The molecule has 4 nitrogen and oxygen atoms in total. The van der Waals surface area contributed by atoms with Gasteiger partial charge in [-0.2, -0.15) is 0 Å². The van der Waals surface area contributed by atoms with E-state index in [0.29, 0.717) is 22.8 Å². The van der Waals surface area contributed by atoms with Crippen LogP contribution in [0.25, 0.3) is 5.57 Å². The van der Waals surface area contributed by atoms with Gasteiger partial charge in [-0.1, -0.05) is 75.6 Å². The van der Waals surface area contributed by atoms with E-state index in [0.717, 1.165) is 41.7 Å². The average Bonchev–Trinajstić information content (AvgIpc) is 3.36. The molecule has 5 heteroatoms. The van der Waals surface area contributed by atoms with Gasteiger partial charge < -0.3 is 4.42 Å². The number of nitrogens with zero attached hydrogens (tertiary/aromatic N) is 1. The first-order chi connectivity index (χ1) is 15.5. The van der Waals surface area contributed by atoms with Gasteiger partial charge in [0, 0.05) is 6.54 Å². The van der Waals surface area contributed by atoms with Gasteiger partial charge in [0.25, 0.3) is 11.8 Å². The standard InChI is InChI=1S/C27H35NO3S/c1-4-5-6-7-8-9-10-11-16-28-26(29)24(23-15-14-20(2)18-21(23)3)25(27(28)30)32-19-22-13-12-17-31-22/h12-15,17-18H,4-11,16,19H2,1-3H3. The van der Waals surface area contributed by atoms with Crippen molar-refractivity contribution in [3.05, 3.63) is 64.0 Å². The number of hydrogen-bond donors (Lipinski definition) is 0. The van der Waals surface area contributed by atoms with Gasteiger partial charge in [0.15, 0.2) is 0 Å². The third-order valence-electron chi connectivity index (χ3n) is 5.95. The summed E-state index contributed by atoms with van der Waals surface area (Å²) in [5, 5.41) is 0. The normalized spacial score (nSPS) is 14.2. The van der Waals surface area contributed by atoms with Gasteiger partial charge >= 0.3 is 0 Å². The summed E-state index contributed by atoms with van der Waals surface area (Å²) >= 11 is 1.40. The van der Waals surface area contributed by atoms with Gasteiger partial charge in [-0.05, 0) is 43.5 Å². The third-order valence-corrected chi connectivity index (χ3v) is 7.05. The molecule has 0 N–H and O–H groups in total. The Bertz CT molecular complexity index is 946. The van der Waals surface area contributed by atoms with Crippen LogP contribution >= 0.6 is 11.8 Å². The first-order valence-electron chi connectivity index (χ1n) is 11.9. The lowest BCUT2D eigenvalue weighted by Crippen LogP contribution is -2.32. The van der Waals surface area contributed by atoms with Crippen molar-refractivity contribution in [3.63, 3.8) is 0 Å². The van der Waals surface area contributed by atoms with Crippen LogP contribution in [0, 0.1) is 13.8 Å². The minimum absolute atomic E-state index is 0.160. The molecular weight excluding hydrogens is 418 g/mol. The maximum atomic E-state index is 13.4. The molecule has 3 rings (SSSR count). The van der Waals surface area contributed by atoms with Crippen LogP contribution in [0.2, 0.25) is 0 Å². The number of rotatable bonds is 13. The van der Waals surface area contributed by atoms with Crippen LogP contribution in [0.4, 0.5) is 0 Å². The van der Waals surface area contributed by atoms with E-state index in [1.54, 1.807) is 6.26 Å². The zero-order valence-electron chi connectivity index (χ0n) is 19.6. The maximum absolute atomic E-state index is 13.4. The molecule has 0 fully saturated rings. The van der Waals surface area contributed by atoms with Crippen molar-refractivity contribution >= 4 is 29.1 Å². The molecular formula is C27H35NO3S. The predicted octanol–water partition coefficient (Wildman–Crippen LogP) is 7.05. The minimum atomic E-state index is -0.163. The molecule has 32 heavy (non-hydrogen) atoms. The topological polar surface area (TPSA) is 50.5 Å². The molecule has 0 atom stereocenters. The Morgan fingerprint density at radius 1 is 0.906 bits per heavy atom. The molecule has 0 saturated heterocycles. The minimum Gasteiger partial charge on any atom is -0.468 e. The lowest BCUT2D eigenvalue weighted by Gasteiger charge is -2.15. The number of amides is 2. The second-order valence-electron chi connectivity index (χ2n) is 8.63. The van der Waals surface area contributed by atoms with Gasteiger partial charge in [-0.15, -0.1) is 11.8 Å². The Hall–Kier alpha value is -2.27. The van der Waals surface area contributed by atoms with Gasteiger partial charge in [-0.25, -0.2) is 0 Å². The van der Waals surface area contributed by atoms with E-state index >= 15 is 0 Å². The number of unbranched alkanes of at least 4 members (excludes halogenated alkanes) is 7. The van der Waals surface area contributed by atoms with Crippen molar-refractivity contribution in [1.82, 2.24) is 4.90 Å². The number of benzene rings is 1. The van der Waals surface area contributed by atoms with E-state index in [1.165, 1.54) is 48.8 Å². The molecule has 0 aliphatic carbocycles. The van der Waals surface area contributed by atoms with Crippen LogP contribution in [0.1, 0.15) is 80.7 Å². The zero-order valence-corrected chi connectivity index (χ0v) is 20.4. The van der Waals surface area contributed by atoms with Crippen molar-refractivity contribution in [2.75, 3.05) is 6.54 Å². The van der Waals surface area contributed by atoms with Crippen LogP contribution in [0.15, 0.2) is 45.9 Å². The highest BCUT2D eigenvalue weighted by molar-refractivity contribution is 8.03. The molecule has 0 bridgehead atoms. The fourth-order valence-electron chi connectivity index (χ4n) is 4.16. The summed E-state index contributed by atoms with van der Waals surface area (Å²) in [5.41, 5.74) is 3.56. The lowest BCUT2D eigenvalue weighted by atomic mass is 9.99. The number of hydrogen-bond acceptors (Lipinski definition) is 4. The molecule has 1 aliphatic heterocycles. The summed E-state index contributed by atoms with van der Waals surface area (Å²) in [6.45, 7) is 6.76. The van der Waals surface area contributed by atoms with E-state index < -0.39 is 0 Å². The number of thioether (sulfide) groups is 1. The summed E-state index contributed by atoms with van der Waals surface area (Å²) in [7, 11) is 0. The van der Waals surface area contributed by atoms with Crippen LogP contribution in [-0.4, -0.2) is 23.3 Å². The quantitative estimate of drug-likeness (QED) is 0.241. The van der Waals surface area contributed by atoms with Crippen LogP contribution in [0.3, 0.4) is 0 Å². The van der Waals surface area contributed by atoms with E-state index in [-0.39, 0.29) is 11.8 Å². The second kappa shape index (κ2) is 12.1.